The van der Waals surface area contributed by atoms with E-state index in [2.05, 4.69) is 26.9 Å². The van der Waals surface area contributed by atoms with Crippen LogP contribution in [0.4, 0.5) is 10.5 Å². The number of anilines is 1. The van der Waals surface area contributed by atoms with Crippen molar-refractivity contribution in [3.05, 3.63) is 71.8 Å². The molecule has 3 aromatic rings. The summed E-state index contributed by atoms with van der Waals surface area (Å²) in [5, 5.41) is 13.8. The monoisotopic (exact) mass is 362 g/mol. The van der Waals surface area contributed by atoms with E-state index < -0.39 is 0 Å². The molecule has 0 saturated heterocycles. The molecule has 0 saturated carbocycles. The first kappa shape index (κ1) is 18.4. The predicted molar refractivity (Wildman–Crippen MR) is 106 cm³/mol. The number of amides is 2. The van der Waals surface area contributed by atoms with E-state index in [-0.39, 0.29) is 6.03 Å². The van der Waals surface area contributed by atoms with E-state index in [1.807, 2.05) is 62.4 Å². The van der Waals surface area contributed by atoms with Crippen molar-refractivity contribution in [2.45, 2.75) is 13.8 Å². The lowest BCUT2D eigenvalue weighted by Gasteiger charge is -2.10. The normalized spacial score (nSPS) is 10.3. The van der Waals surface area contributed by atoms with Crippen LogP contribution in [-0.2, 0) is 0 Å². The van der Waals surface area contributed by atoms with Gasteiger partial charge in [0.05, 0.1) is 12.2 Å². The Kier molecular flexibility index (Phi) is 5.99. The van der Waals surface area contributed by atoms with Gasteiger partial charge in [0.1, 0.15) is 6.61 Å². The number of benzene rings is 2. The Morgan fingerprint density at radius 2 is 1.70 bits per heavy atom. The van der Waals surface area contributed by atoms with Gasteiger partial charge < -0.3 is 15.4 Å². The Morgan fingerprint density at radius 3 is 2.37 bits per heavy atom. The Balaban J connectivity index is 1.42. The highest BCUT2D eigenvalue weighted by Crippen LogP contribution is 2.17. The molecule has 3 rings (SSSR count). The fourth-order valence-electron chi connectivity index (χ4n) is 2.70. The number of aryl methyl sites for hydroxylation is 2. The third-order valence-electron chi connectivity index (χ3n) is 3.83. The van der Waals surface area contributed by atoms with Crippen LogP contribution in [0.5, 0.6) is 5.88 Å². The molecular weight excluding hydrogens is 340 g/mol. The van der Waals surface area contributed by atoms with Gasteiger partial charge in [0, 0.05) is 17.3 Å². The van der Waals surface area contributed by atoms with E-state index >= 15 is 0 Å². The third-order valence-corrected chi connectivity index (χ3v) is 3.83. The van der Waals surface area contributed by atoms with Crippen LogP contribution >= 0.6 is 0 Å². The molecule has 0 atom stereocenters. The van der Waals surface area contributed by atoms with E-state index in [4.69, 9.17) is 4.74 Å². The molecule has 6 heteroatoms. The second-order valence-corrected chi connectivity index (χ2v) is 6.23. The highest BCUT2D eigenvalue weighted by molar-refractivity contribution is 5.89. The van der Waals surface area contributed by atoms with Crippen LogP contribution in [-0.4, -0.2) is 29.4 Å². The van der Waals surface area contributed by atoms with Crippen LogP contribution in [0.15, 0.2) is 60.7 Å². The summed E-state index contributed by atoms with van der Waals surface area (Å²) >= 11 is 0. The first-order chi connectivity index (χ1) is 13.1. The summed E-state index contributed by atoms with van der Waals surface area (Å²) in [7, 11) is 0. The average Bonchev–Trinajstić information content (AvgIpc) is 2.66. The topological polar surface area (TPSA) is 76.1 Å². The predicted octanol–water partition coefficient (Wildman–Crippen LogP) is 3.96. The van der Waals surface area contributed by atoms with E-state index in [1.165, 1.54) is 0 Å². The second kappa shape index (κ2) is 8.80. The molecule has 1 heterocycles. The fourth-order valence-corrected chi connectivity index (χ4v) is 2.70. The van der Waals surface area contributed by atoms with Crippen molar-refractivity contribution < 1.29 is 9.53 Å². The third kappa shape index (κ3) is 5.54. The van der Waals surface area contributed by atoms with Gasteiger partial charge in [0.15, 0.2) is 0 Å². The lowest BCUT2D eigenvalue weighted by atomic mass is 10.1. The molecule has 6 nitrogen and oxygen atoms in total. The maximum Gasteiger partial charge on any atom is 0.319 e. The minimum absolute atomic E-state index is 0.269. The summed E-state index contributed by atoms with van der Waals surface area (Å²) in [6.07, 6.45) is 0. The number of hydrogen-bond donors (Lipinski definition) is 2. The van der Waals surface area contributed by atoms with Crippen molar-refractivity contribution in [3.63, 3.8) is 0 Å². The summed E-state index contributed by atoms with van der Waals surface area (Å²) in [5.41, 5.74) is 4.76. The zero-order valence-electron chi connectivity index (χ0n) is 15.4. The number of rotatable bonds is 6. The fraction of sp³-hybridized carbons (Fsp3) is 0.190. The molecule has 0 fully saturated rings. The van der Waals surface area contributed by atoms with Gasteiger partial charge in [-0.05, 0) is 43.2 Å². The zero-order valence-corrected chi connectivity index (χ0v) is 15.4. The number of ether oxygens (including phenoxy) is 1. The van der Waals surface area contributed by atoms with E-state index in [0.717, 1.165) is 28.1 Å². The maximum absolute atomic E-state index is 11.9. The maximum atomic E-state index is 11.9. The summed E-state index contributed by atoms with van der Waals surface area (Å²) in [4.78, 5) is 11.9. The van der Waals surface area contributed by atoms with Gasteiger partial charge in [-0.2, -0.15) is 0 Å². The van der Waals surface area contributed by atoms with Gasteiger partial charge in [-0.1, -0.05) is 36.4 Å². The van der Waals surface area contributed by atoms with Crippen molar-refractivity contribution in [1.29, 1.82) is 0 Å². The first-order valence-electron chi connectivity index (χ1n) is 8.75. The highest BCUT2D eigenvalue weighted by Gasteiger charge is 2.04. The van der Waals surface area contributed by atoms with Gasteiger partial charge in [0.25, 0.3) is 0 Å². The van der Waals surface area contributed by atoms with Crippen LogP contribution in [0.3, 0.4) is 0 Å². The van der Waals surface area contributed by atoms with Crippen molar-refractivity contribution in [1.82, 2.24) is 15.5 Å². The molecule has 0 aliphatic heterocycles. The van der Waals surface area contributed by atoms with Gasteiger partial charge in [-0.25, -0.2) is 4.79 Å². The van der Waals surface area contributed by atoms with E-state index in [9.17, 15) is 4.79 Å². The number of nitrogens with one attached hydrogen (secondary N) is 2. The number of hydrogen-bond acceptors (Lipinski definition) is 4. The van der Waals surface area contributed by atoms with Crippen LogP contribution in [0.25, 0.3) is 11.3 Å². The zero-order chi connectivity index (χ0) is 19.1. The second-order valence-electron chi connectivity index (χ2n) is 6.23. The molecule has 27 heavy (non-hydrogen) atoms. The molecule has 2 amide bonds. The van der Waals surface area contributed by atoms with Crippen LogP contribution in [0.1, 0.15) is 11.1 Å². The summed E-state index contributed by atoms with van der Waals surface area (Å²) in [6.45, 7) is 4.65. The number of urea groups is 1. The number of nitrogens with zero attached hydrogens (tertiary/aromatic N) is 2. The summed E-state index contributed by atoms with van der Waals surface area (Å²) in [5.74, 6) is 0.422. The Morgan fingerprint density at radius 1 is 0.963 bits per heavy atom. The minimum Gasteiger partial charge on any atom is -0.475 e. The smallest absolute Gasteiger partial charge is 0.319 e. The molecule has 0 aliphatic carbocycles. The SMILES string of the molecule is Cc1cc(C)cc(NC(=O)NCCOc2ccc(-c3ccccc3)nn2)c1. The first-order valence-corrected chi connectivity index (χ1v) is 8.75. The molecule has 0 radical (unpaired) electrons. The van der Waals surface area contributed by atoms with Crippen molar-refractivity contribution in [2.75, 3.05) is 18.5 Å². The number of aromatic nitrogens is 2. The van der Waals surface area contributed by atoms with Crippen molar-refractivity contribution >= 4 is 11.7 Å². The lowest BCUT2D eigenvalue weighted by Crippen LogP contribution is -2.32. The number of carbonyl (C=O) groups excluding carboxylic acids is 1. The number of carbonyl (C=O) groups is 1. The van der Waals surface area contributed by atoms with Crippen molar-refractivity contribution in [3.8, 4) is 17.1 Å². The molecule has 138 valence electrons. The molecule has 2 N–H and O–H groups in total. The van der Waals surface area contributed by atoms with Crippen molar-refractivity contribution in [2.24, 2.45) is 0 Å². The van der Waals surface area contributed by atoms with Crippen LogP contribution < -0.4 is 15.4 Å². The van der Waals surface area contributed by atoms with Gasteiger partial charge in [0.2, 0.25) is 5.88 Å². The molecular formula is C21H22N4O2. The molecule has 0 aliphatic rings. The van der Waals surface area contributed by atoms with E-state index in [1.54, 1.807) is 6.07 Å². The van der Waals surface area contributed by atoms with Gasteiger partial charge in [-0.3, -0.25) is 0 Å². The van der Waals surface area contributed by atoms with Crippen LogP contribution in [0, 0.1) is 13.8 Å². The average molecular weight is 362 g/mol. The molecule has 2 aromatic carbocycles. The van der Waals surface area contributed by atoms with E-state index in [0.29, 0.717) is 19.0 Å². The van der Waals surface area contributed by atoms with Gasteiger partial charge >= 0.3 is 6.03 Å². The minimum atomic E-state index is -0.269. The largest absolute Gasteiger partial charge is 0.475 e. The Labute approximate surface area is 158 Å². The molecule has 0 spiro atoms. The summed E-state index contributed by atoms with van der Waals surface area (Å²) in [6, 6.07) is 19.1. The standard InChI is InChI=1S/C21H22N4O2/c1-15-12-16(2)14-18(13-15)23-21(26)22-10-11-27-20-9-8-19(24-25-20)17-6-4-3-5-7-17/h3-9,12-14H,10-11H2,1-2H3,(H2,22,23,26). The molecule has 1 aromatic heterocycles. The lowest BCUT2D eigenvalue weighted by molar-refractivity contribution is 0.246. The molecule has 0 bridgehead atoms. The quantitative estimate of drug-likeness (QED) is 0.651. The summed E-state index contributed by atoms with van der Waals surface area (Å²) < 4.78 is 5.52. The molecule has 0 unspecified atom stereocenters. The highest BCUT2D eigenvalue weighted by atomic mass is 16.5. The Bertz CT molecular complexity index is 876. The van der Waals surface area contributed by atoms with Crippen LogP contribution in [0.2, 0.25) is 0 Å². The Hall–Kier alpha value is -3.41. The van der Waals surface area contributed by atoms with Gasteiger partial charge in [-0.15, -0.1) is 10.2 Å².